The van der Waals surface area contributed by atoms with Crippen molar-refractivity contribution in [3.05, 3.63) is 81.2 Å². The van der Waals surface area contributed by atoms with E-state index in [4.69, 9.17) is 4.74 Å². The quantitative estimate of drug-likeness (QED) is 0.398. The zero-order chi connectivity index (χ0) is 20.4. The summed E-state index contributed by atoms with van der Waals surface area (Å²) in [5, 5.41) is 0.721. The smallest absolute Gasteiger partial charge is 0.262 e. The van der Waals surface area contributed by atoms with Crippen molar-refractivity contribution in [2.75, 3.05) is 6.61 Å². The van der Waals surface area contributed by atoms with Crippen LogP contribution in [0.2, 0.25) is 0 Å². The molecule has 0 bridgehead atoms. The Bertz CT molecular complexity index is 1190. The normalized spacial score (nSPS) is 11.1. The molecule has 0 aliphatic rings. The van der Waals surface area contributed by atoms with E-state index in [0.717, 1.165) is 38.4 Å². The Morgan fingerprint density at radius 2 is 1.62 bits per heavy atom. The van der Waals surface area contributed by atoms with E-state index in [-0.39, 0.29) is 5.56 Å². The second-order valence-corrected chi connectivity index (χ2v) is 8.54. The molecule has 0 radical (unpaired) electrons. The number of hydrogen-bond acceptors (Lipinski definition) is 4. The number of thiophene rings is 1. The summed E-state index contributed by atoms with van der Waals surface area (Å²) in [4.78, 5) is 19.7. The van der Waals surface area contributed by atoms with Gasteiger partial charge in [-0.3, -0.25) is 9.36 Å². The third-order valence-corrected chi connectivity index (χ3v) is 6.04. The van der Waals surface area contributed by atoms with Crippen LogP contribution in [0.3, 0.4) is 0 Å². The number of nitrogens with zero attached hydrogens (tertiary/aromatic N) is 2. The lowest BCUT2D eigenvalue weighted by Gasteiger charge is -2.09. The van der Waals surface area contributed by atoms with Crippen molar-refractivity contribution in [2.24, 2.45) is 0 Å². The molecule has 148 valence electrons. The van der Waals surface area contributed by atoms with Gasteiger partial charge in [0.15, 0.2) is 0 Å². The van der Waals surface area contributed by atoms with Gasteiger partial charge in [-0.15, -0.1) is 11.3 Å². The first-order chi connectivity index (χ1) is 14.0. The van der Waals surface area contributed by atoms with Crippen molar-refractivity contribution in [2.45, 2.75) is 33.7 Å². The maximum Gasteiger partial charge on any atom is 0.262 e. The predicted octanol–water partition coefficient (Wildman–Crippen LogP) is 5.52. The van der Waals surface area contributed by atoms with Crippen LogP contribution in [0, 0.1) is 20.8 Å². The molecule has 0 unspecified atom stereocenters. The first-order valence-corrected chi connectivity index (χ1v) is 10.6. The molecular formula is C24H24N2O2S. The van der Waals surface area contributed by atoms with Gasteiger partial charge in [0.1, 0.15) is 10.6 Å². The summed E-state index contributed by atoms with van der Waals surface area (Å²) in [6, 6.07) is 16.3. The number of benzene rings is 2. The lowest BCUT2D eigenvalue weighted by molar-refractivity contribution is 0.301. The molecule has 2 heterocycles. The fourth-order valence-electron chi connectivity index (χ4n) is 3.42. The van der Waals surface area contributed by atoms with Crippen LogP contribution < -0.4 is 10.3 Å². The number of aryl methyl sites for hydroxylation is 4. The lowest BCUT2D eigenvalue weighted by atomic mass is 10.0. The fourth-order valence-corrected chi connectivity index (χ4v) is 4.43. The van der Waals surface area contributed by atoms with Gasteiger partial charge >= 0.3 is 0 Å². The summed E-state index contributed by atoms with van der Waals surface area (Å²) in [5.41, 5.74) is 4.51. The topological polar surface area (TPSA) is 44.1 Å². The van der Waals surface area contributed by atoms with E-state index >= 15 is 0 Å². The van der Waals surface area contributed by atoms with Crippen LogP contribution in [0.4, 0.5) is 0 Å². The molecule has 4 nitrogen and oxygen atoms in total. The van der Waals surface area contributed by atoms with E-state index in [9.17, 15) is 4.79 Å². The highest BCUT2D eigenvalue weighted by molar-refractivity contribution is 7.19. The van der Waals surface area contributed by atoms with Gasteiger partial charge in [0, 0.05) is 17.0 Å². The monoisotopic (exact) mass is 404 g/mol. The SMILES string of the molecule is Cc1ccc(OCCCn2cnc3sc(C)c(-c4ccc(C)cc4)c3c2=O)cc1. The molecule has 0 saturated heterocycles. The van der Waals surface area contributed by atoms with Crippen molar-refractivity contribution in [1.82, 2.24) is 9.55 Å². The summed E-state index contributed by atoms with van der Waals surface area (Å²) in [6.07, 6.45) is 2.40. The van der Waals surface area contributed by atoms with Crippen molar-refractivity contribution in [1.29, 1.82) is 0 Å². The molecule has 0 fully saturated rings. The molecule has 2 aromatic heterocycles. The van der Waals surface area contributed by atoms with Crippen molar-refractivity contribution in [3.8, 4) is 16.9 Å². The van der Waals surface area contributed by atoms with Gasteiger partial charge in [0.05, 0.1) is 18.3 Å². The summed E-state index contributed by atoms with van der Waals surface area (Å²) >= 11 is 1.58. The molecule has 0 aliphatic carbocycles. The van der Waals surface area contributed by atoms with Crippen LogP contribution >= 0.6 is 11.3 Å². The van der Waals surface area contributed by atoms with Gasteiger partial charge in [0.2, 0.25) is 0 Å². The molecule has 0 saturated carbocycles. The molecule has 0 N–H and O–H groups in total. The summed E-state index contributed by atoms with van der Waals surface area (Å²) in [7, 11) is 0. The molecule has 29 heavy (non-hydrogen) atoms. The van der Waals surface area contributed by atoms with Crippen LogP contribution in [0.5, 0.6) is 5.75 Å². The number of rotatable bonds is 6. The molecule has 0 aliphatic heterocycles. The third kappa shape index (κ3) is 4.10. The van der Waals surface area contributed by atoms with Gasteiger partial charge in [-0.05, 0) is 44.9 Å². The molecule has 0 atom stereocenters. The summed E-state index contributed by atoms with van der Waals surface area (Å²) in [6.45, 7) is 7.31. The fraction of sp³-hybridized carbons (Fsp3) is 0.250. The van der Waals surface area contributed by atoms with Crippen LogP contribution in [0.15, 0.2) is 59.7 Å². The summed E-state index contributed by atoms with van der Waals surface area (Å²) < 4.78 is 7.48. The predicted molar refractivity (Wildman–Crippen MR) is 120 cm³/mol. The Balaban J connectivity index is 1.55. The highest BCUT2D eigenvalue weighted by Crippen LogP contribution is 2.35. The van der Waals surface area contributed by atoms with E-state index in [1.165, 1.54) is 11.1 Å². The van der Waals surface area contributed by atoms with Crippen LogP contribution in [-0.2, 0) is 6.54 Å². The van der Waals surface area contributed by atoms with E-state index in [2.05, 4.69) is 50.0 Å². The van der Waals surface area contributed by atoms with E-state index < -0.39 is 0 Å². The summed E-state index contributed by atoms with van der Waals surface area (Å²) in [5.74, 6) is 0.853. The zero-order valence-electron chi connectivity index (χ0n) is 16.9. The van der Waals surface area contributed by atoms with Crippen molar-refractivity contribution in [3.63, 3.8) is 0 Å². The lowest BCUT2D eigenvalue weighted by Crippen LogP contribution is -2.21. The Kier molecular flexibility index (Phi) is 5.49. The Labute approximate surface area is 174 Å². The molecular weight excluding hydrogens is 380 g/mol. The van der Waals surface area contributed by atoms with Gasteiger partial charge in [-0.1, -0.05) is 47.5 Å². The minimum absolute atomic E-state index is 0.0188. The standard InChI is InChI=1S/C24H24N2O2S/c1-16-5-9-19(10-6-16)21-18(3)29-23-22(21)24(27)26(15-25-23)13-4-14-28-20-11-7-17(2)8-12-20/h5-12,15H,4,13-14H2,1-3H3. The highest BCUT2D eigenvalue weighted by Gasteiger charge is 2.16. The Hall–Kier alpha value is -2.92. The van der Waals surface area contributed by atoms with Crippen molar-refractivity contribution < 1.29 is 4.74 Å². The largest absolute Gasteiger partial charge is 0.494 e. The first-order valence-electron chi connectivity index (χ1n) is 9.78. The van der Waals surface area contributed by atoms with Gasteiger partial charge in [-0.2, -0.15) is 0 Å². The second kappa shape index (κ2) is 8.21. The Morgan fingerprint density at radius 3 is 2.31 bits per heavy atom. The van der Waals surface area contributed by atoms with E-state index in [1.807, 2.05) is 24.3 Å². The van der Waals surface area contributed by atoms with Gasteiger partial charge in [-0.25, -0.2) is 4.98 Å². The molecule has 0 spiro atoms. The molecule has 0 amide bonds. The Morgan fingerprint density at radius 1 is 0.966 bits per heavy atom. The molecule has 5 heteroatoms. The number of fused-ring (bicyclic) bond motifs is 1. The maximum absolute atomic E-state index is 13.2. The highest BCUT2D eigenvalue weighted by atomic mass is 32.1. The second-order valence-electron chi connectivity index (χ2n) is 7.34. The number of hydrogen-bond donors (Lipinski definition) is 0. The van der Waals surface area contributed by atoms with E-state index in [0.29, 0.717) is 13.2 Å². The van der Waals surface area contributed by atoms with Gasteiger partial charge in [0.25, 0.3) is 5.56 Å². The number of ether oxygens (including phenoxy) is 1. The molecule has 4 rings (SSSR count). The van der Waals surface area contributed by atoms with Crippen LogP contribution in [0.25, 0.3) is 21.3 Å². The minimum atomic E-state index is 0.0188. The first kappa shape index (κ1) is 19.4. The van der Waals surface area contributed by atoms with E-state index in [1.54, 1.807) is 22.2 Å². The zero-order valence-corrected chi connectivity index (χ0v) is 17.8. The minimum Gasteiger partial charge on any atom is -0.494 e. The maximum atomic E-state index is 13.2. The number of aromatic nitrogens is 2. The third-order valence-electron chi connectivity index (χ3n) is 5.03. The van der Waals surface area contributed by atoms with Gasteiger partial charge < -0.3 is 4.74 Å². The average molecular weight is 405 g/mol. The molecule has 2 aromatic carbocycles. The van der Waals surface area contributed by atoms with Crippen LogP contribution in [-0.4, -0.2) is 16.2 Å². The average Bonchev–Trinajstić information content (AvgIpc) is 3.05. The molecule has 4 aromatic rings. The van der Waals surface area contributed by atoms with Crippen LogP contribution in [0.1, 0.15) is 22.4 Å². The van der Waals surface area contributed by atoms with Crippen molar-refractivity contribution >= 4 is 21.6 Å².